The van der Waals surface area contributed by atoms with Gasteiger partial charge in [-0.1, -0.05) is 22.0 Å². The molecule has 0 atom stereocenters. The molecular formula is C12H11BrN2OS2. The van der Waals surface area contributed by atoms with E-state index in [9.17, 15) is 4.79 Å². The molecule has 1 aromatic heterocycles. The van der Waals surface area contributed by atoms with Crippen LogP contribution >= 0.6 is 39.2 Å². The van der Waals surface area contributed by atoms with Crippen molar-refractivity contribution in [3.8, 4) is 0 Å². The van der Waals surface area contributed by atoms with Crippen LogP contribution in [0.2, 0.25) is 0 Å². The van der Waals surface area contributed by atoms with Crippen LogP contribution in [-0.2, 0) is 5.75 Å². The molecule has 0 spiro atoms. The van der Waals surface area contributed by atoms with Crippen molar-refractivity contribution in [1.29, 1.82) is 0 Å². The van der Waals surface area contributed by atoms with Gasteiger partial charge in [-0.05, 0) is 47.7 Å². The number of thiophene rings is 1. The number of benzene rings is 1. The summed E-state index contributed by atoms with van der Waals surface area (Å²) in [5, 5.41) is 4.79. The first-order valence-electron chi connectivity index (χ1n) is 5.21. The largest absolute Gasteiger partial charge is 0.329 e. The van der Waals surface area contributed by atoms with E-state index in [1.165, 1.54) is 16.8 Å². The van der Waals surface area contributed by atoms with E-state index in [0.29, 0.717) is 0 Å². The van der Waals surface area contributed by atoms with Gasteiger partial charge in [0.15, 0.2) is 0 Å². The van der Waals surface area contributed by atoms with Gasteiger partial charge in [0.1, 0.15) is 0 Å². The molecule has 0 fully saturated rings. The number of anilines is 1. The Labute approximate surface area is 122 Å². The van der Waals surface area contributed by atoms with Gasteiger partial charge in [-0.15, -0.1) is 11.3 Å². The number of hydrogen-bond acceptors (Lipinski definition) is 3. The van der Waals surface area contributed by atoms with Crippen molar-refractivity contribution < 1.29 is 4.79 Å². The SMILES string of the molecule is O=C(NSCc1cccs1)Nc1ccc(Br)cc1. The molecule has 2 aromatic rings. The summed E-state index contributed by atoms with van der Waals surface area (Å²) in [7, 11) is 0. The zero-order valence-corrected chi connectivity index (χ0v) is 12.6. The van der Waals surface area contributed by atoms with E-state index >= 15 is 0 Å². The van der Waals surface area contributed by atoms with E-state index < -0.39 is 0 Å². The number of nitrogens with one attached hydrogen (secondary N) is 2. The monoisotopic (exact) mass is 342 g/mol. The van der Waals surface area contributed by atoms with Crippen molar-refractivity contribution in [3.63, 3.8) is 0 Å². The second kappa shape index (κ2) is 6.82. The van der Waals surface area contributed by atoms with E-state index in [0.717, 1.165) is 15.9 Å². The highest BCUT2D eigenvalue weighted by Gasteiger charge is 2.02. The van der Waals surface area contributed by atoms with Crippen LogP contribution in [0.1, 0.15) is 4.88 Å². The molecule has 2 N–H and O–H groups in total. The Morgan fingerprint density at radius 1 is 1.28 bits per heavy atom. The Bertz CT molecular complexity index is 499. The van der Waals surface area contributed by atoms with Crippen LogP contribution in [-0.4, -0.2) is 6.03 Å². The average molecular weight is 343 g/mol. The maximum Gasteiger partial charge on any atom is 0.329 e. The number of amides is 2. The van der Waals surface area contributed by atoms with Crippen LogP contribution in [0.3, 0.4) is 0 Å². The number of urea groups is 1. The van der Waals surface area contributed by atoms with Crippen LogP contribution in [0.4, 0.5) is 10.5 Å². The first-order valence-corrected chi connectivity index (χ1v) is 7.86. The molecule has 0 aliphatic carbocycles. The smallest absolute Gasteiger partial charge is 0.307 e. The van der Waals surface area contributed by atoms with Gasteiger partial charge in [-0.25, -0.2) is 4.79 Å². The summed E-state index contributed by atoms with van der Waals surface area (Å²) >= 11 is 6.41. The summed E-state index contributed by atoms with van der Waals surface area (Å²) in [6.07, 6.45) is 0. The molecule has 18 heavy (non-hydrogen) atoms. The van der Waals surface area contributed by atoms with Crippen LogP contribution in [0.5, 0.6) is 0 Å². The summed E-state index contributed by atoms with van der Waals surface area (Å²) in [6.45, 7) is 0. The predicted octanol–water partition coefficient (Wildman–Crippen LogP) is 4.48. The lowest BCUT2D eigenvalue weighted by Crippen LogP contribution is -2.22. The topological polar surface area (TPSA) is 41.1 Å². The average Bonchev–Trinajstić information content (AvgIpc) is 2.85. The Kier molecular flexibility index (Phi) is 5.10. The molecule has 0 bridgehead atoms. The minimum absolute atomic E-state index is 0.209. The summed E-state index contributed by atoms with van der Waals surface area (Å²) in [4.78, 5) is 12.8. The lowest BCUT2D eigenvalue weighted by molar-refractivity contribution is 0.257. The fourth-order valence-electron chi connectivity index (χ4n) is 1.26. The fourth-order valence-corrected chi connectivity index (χ4v) is 2.95. The zero-order chi connectivity index (χ0) is 12.8. The molecule has 0 radical (unpaired) electrons. The van der Waals surface area contributed by atoms with Gasteiger partial charge in [0, 0.05) is 20.8 Å². The van der Waals surface area contributed by atoms with Gasteiger partial charge < -0.3 is 5.32 Å². The van der Waals surface area contributed by atoms with Crippen molar-refractivity contribution in [2.24, 2.45) is 0 Å². The number of carbonyl (C=O) groups is 1. The van der Waals surface area contributed by atoms with E-state index in [-0.39, 0.29) is 6.03 Å². The first-order chi connectivity index (χ1) is 8.74. The predicted molar refractivity (Wildman–Crippen MR) is 81.9 cm³/mol. The third kappa shape index (κ3) is 4.36. The molecule has 94 valence electrons. The summed E-state index contributed by atoms with van der Waals surface area (Å²) in [6, 6.07) is 11.3. The molecule has 3 nitrogen and oxygen atoms in total. The molecular weight excluding hydrogens is 332 g/mol. The molecule has 1 aromatic carbocycles. The second-order valence-corrected chi connectivity index (χ2v) is 6.16. The quantitative estimate of drug-likeness (QED) is 0.804. The van der Waals surface area contributed by atoms with Crippen LogP contribution in [0, 0.1) is 0 Å². The number of halogens is 1. The van der Waals surface area contributed by atoms with Gasteiger partial charge in [-0.2, -0.15) is 0 Å². The Morgan fingerprint density at radius 3 is 2.72 bits per heavy atom. The first kappa shape index (κ1) is 13.5. The normalized spacial score (nSPS) is 10.1. The van der Waals surface area contributed by atoms with E-state index in [4.69, 9.17) is 0 Å². The van der Waals surface area contributed by atoms with Gasteiger partial charge in [-0.3, -0.25) is 4.72 Å². The lowest BCUT2D eigenvalue weighted by atomic mass is 10.3. The van der Waals surface area contributed by atoms with Crippen molar-refractivity contribution in [3.05, 3.63) is 51.1 Å². The standard InChI is InChI=1S/C12H11BrN2OS2/c13-9-3-5-10(6-4-9)14-12(16)15-18-8-11-2-1-7-17-11/h1-7H,8H2,(H2,14,15,16). The summed E-state index contributed by atoms with van der Waals surface area (Å²) in [5.41, 5.74) is 0.771. The van der Waals surface area contributed by atoms with E-state index in [1.807, 2.05) is 41.8 Å². The molecule has 0 aliphatic heterocycles. The minimum atomic E-state index is -0.209. The maximum absolute atomic E-state index is 11.6. The number of rotatable bonds is 4. The third-order valence-electron chi connectivity index (χ3n) is 2.06. The van der Waals surface area contributed by atoms with Gasteiger partial charge >= 0.3 is 6.03 Å². The highest BCUT2D eigenvalue weighted by atomic mass is 79.9. The van der Waals surface area contributed by atoms with Gasteiger partial charge in [0.05, 0.1) is 0 Å². The third-order valence-corrected chi connectivity index (χ3v) is 4.43. The summed E-state index contributed by atoms with van der Waals surface area (Å²) in [5.74, 6) is 0.783. The minimum Gasteiger partial charge on any atom is -0.307 e. The Balaban J connectivity index is 1.73. The van der Waals surface area contributed by atoms with Crippen molar-refractivity contribution in [2.75, 3.05) is 5.32 Å². The van der Waals surface area contributed by atoms with Gasteiger partial charge in [0.2, 0.25) is 0 Å². The van der Waals surface area contributed by atoms with Gasteiger partial charge in [0.25, 0.3) is 0 Å². The molecule has 6 heteroatoms. The second-order valence-electron chi connectivity index (χ2n) is 3.43. The van der Waals surface area contributed by atoms with E-state index in [2.05, 4.69) is 26.0 Å². The van der Waals surface area contributed by atoms with Crippen LogP contribution < -0.4 is 10.0 Å². The van der Waals surface area contributed by atoms with Crippen LogP contribution in [0.25, 0.3) is 0 Å². The number of carbonyl (C=O) groups excluding carboxylic acids is 1. The van der Waals surface area contributed by atoms with Crippen LogP contribution in [0.15, 0.2) is 46.3 Å². The molecule has 1 heterocycles. The number of hydrogen-bond donors (Lipinski definition) is 2. The molecule has 0 unspecified atom stereocenters. The lowest BCUT2D eigenvalue weighted by Gasteiger charge is -2.06. The maximum atomic E-state index is 11.6. The van der Waals surface area contributed by atoms with E-state index in [1.54, 1.807) is 11.3 Å². The molecule has 0 saturated carbocycles. The van der Waals surface area contributed by atoms with Crippen molar-refractivity contribution >= 4 is 50.9 Å². The molecule has 0 saturated heterocycles. The highest BCUT2D eigenvalue weighted by Crippen LogP contribution is 2.16. The fraction of sp³-hybridized carbons (Fsp3) is 0.0833. The molecule has 0 aliphatic rings. The van der Waals surface area contributed by atoms with Crippen molar-refractivity contribution in [2.45, 2.75) is 5.75 Å². The molecule has 2 rings (SSSR count). The Hall–Kier alpha value is -0.980. The van der Waals surface area contributed by atoms with Crippen molar-refractivity contribution in [1.82, 2.24) is 4.72 Å². The zero-order valence-electron chi connectivity index (χ0n) is 9.35. The highest BCUT2D eigenvalue weighted by molar-refractivity contribution is 9.10. The Morgan fingerprint density at radius 2 is 2.06 bits per heavy atom. The summed E-state index contributed by atoms with van der Waals surface area (Å²) < 4.78 is 3.73. The molecule has 2 amide bonds.